The summed E-state index contributed by atoms with van der Waals surface area (Å²) in [6.45, 7) is 0. The van der Waals surface area contributed by atoms with Crippen molar-refractivity contribution in [3.63, 3.8) is 0 Å². The first-order valence-corrected chi connectivity index (χ1v) is 10.4. The second kappa shape index (κ2) is 6.46. The van der Waals surface area contributed by atoms with Gasteiger partial charge in [0, 0.05) is 41.2 Å². The quantitative estimate of drug-likeness (QED) is 0.378. The molecule has 5 heterocycles. The van der Waals surface area contributed by atoms with Crippen LogP contribution >= 0.6 is 0 Å². The number of para-hydroxylation sites is 2. The Labute approximate surface area is 182 Å². The van der Waals surface area contributed by atoms with Gasteiger partial charge in [0.25, 0.3) is 0 Å². The van der Waals surface area contributed by atoms with Gasteiger partial charge in [-0.1, -0.05) is 36.4 Å². The van der Waals surface area contributed by atoms with Gasteiger partial charge in [-0.25, -0.2) is 15.0 Å². The van der Waals surface area contributed by atoms with E-state index in [1.54, 1.807) is 12.4 Å². The van der Waals surface area contributed by atoms with Gasteiger partial charge in [-0.15, -0.1) is 0 Å². The number of rotatable bonds is 2. The molecule has 6 nitrogen and oxygen atoms in total. The second-order valence-corrected chi connectivity index (χ2v) is 7.66. The van der Waals surface area contributed by atoms with Crippen molar-refractivity contribution in [3.05, 3.63) is 97.6 Å². The zero-order valence-electron chi connectivity index (χ0n) is 16.9. The molecular formula is C26H16N6. The van der Waals surface area contributed by atoms with Gasteiger partial charge in [-0.3, -0.25) is 14.1 Å². The van der Waals surface area contributed by atoms with E-state index < -0.39 is 0 Å². The Balaban J connectivity index is 1.77. The summed E-state index contributed by atoms with van der Waals surface area (Å²) in [6.07, 6.45) is 7.27. The third-order valence-corrected chi connectivity index (χ3v) is 5.93. The van der Waals surface area contributed by atoms with Crippen molar-refractivity contribution in [2.75, 3.05) is 0 Å². The second-order valence-electron chi connectivity index (χ2n) is 7.66. The Morgan fingerprint density at radius 3 is 2.19 bits per heavy atom. The summed E-state index contributed by atoms with van der Waals surface area (Å²) in [5, 5.41) is 3.17. The molecule has 0 amide bonds. The minimum absolute atomic E-state index is 0.615. The fourth-order valence-electron chi connectivity index (χ4n) is 4.67. The third-order valence-electron chi connectivity index (χ3n) is 5.93. The molecule has 0 unspecified atom stereocenters. The highest BCUT2D eigenvalue weighted by molar-refractivity contribution is 6.24. The number of aromatic nitrogens is 6. The Morgan fingerprint density at radius 2 is 1.31 bits per heavy atom. The van der Waals surface area contributed by atoms with Crippen LogP contribution in [-0.2, 0) is 0 Å². The molecule has 32 heavy (non-hydrogen) atoms. The zero-order valence-corrected chi connectivity index (χ0v) is 16.9. The molecule has 2 aromatic carbocycles. The lowest BCUT2D eigenvalue weighted by atomic mass is 10.1. The van der Waals surface area contributed by atoms with Gasteiger partial charge < -0.3 is 0 Å². The van der Waals surface area contributed by atoms with E-state index in [0.717, 1.165) is 49.6 Å². The molecule has 0 aliphatic rings. The Hall–Kier alpha value is -4.58. The molecule has 0 saturated heterocycles. The van der Waals surface area contributed by atoms with Crippen molar-refractivity contribution in [2.24, 2.45) is 0 Å². The summed E-state index contributed by atoms with van der Waals surface area (Å²) in [7, 11) is 0. The van der Waals surface area contributed by atoms with Crippen LogP contribution in [0.5, 0.6) is 0 Å². The smallest absolute Gasteiger partial charge is 0.234 e. The average molecular weight is 412 g/mol. The summed E-state index contributed by atoms with van der Waals surface area (Å²) < 4.78 is 4.31. The predicted molar refractivity (Wildman–Crippen MR) is 126 cm³/mol. The van der Waals surface area contributed by atoms with Crippen LogP contribution in [0.2, 0.25) is 0 Å². The number of pyridine rings is 2. The maximum atomic E-state index is 4.95. The lowest BCUT2D eigenvalue weighted by Gasteiger charge is -2.07. The minimum Gasteiger partial charge on any atom is -0.294 e. The molecule has 0 atom stereocenters. The number of fused-ring (bicyclic) bond motifs is 7. The lowest BCUT2D eigenvalue weighted by Crippen LogP contribution is -2.00. The monoisotopic (exact) mass is 412 g/mol. The standard InChI is InChI=1S/C26H16N6/c1-2-8-17(9-3-1)31-20-11-5-4-10-18(20)22-24-19(16-30-25(22)31)23-21(12-6-13-27-23)32(24)26-28-14-7-15-29-26/h1-16H. The third kappa shape index (κ3) is 2.23. The molecule has 0 radical (unpaired) electrons. The van der Waals surface area contributed by atoms with Gasteiger partial charge in [-0.05, 0) is 36.4 Å². The first kappa shape index (κ1) is 17.1. The van der Waals surface area contributed by atoms with Crippen LogP contribution < -0.4 is 0 Å². The van der Waals surface area contributed by atoms with Gasteiger partial charge in [0.05, 0.1) is 27.5 Å². The predicted octanol–water partition coefficient (Wildman–Crippen LogP) is 5.46. The normalized spacial score (nSPS) is 11.8. The Morgan fingerprint density at radius 1 is 0.562 bits per heavy atom. The van der Waals surface area contributed by atoms with Gasteiger partial charge in [0.15, 0.2) is 0 Å². The molecule has 7 aromatic rings. The molecule has 0 aliphatic heterocycles. The van der Waals surface area contributed by atoms with Crippen molar-refractivity contribution in [1.29, 1.82) is 0 Å². The molecule has 0 N–H and O–H groups in total. The highest BCUT2D eigenvalue weighted by Crippen LogP contribution is 2.39. The van der Waals surface area contributed by atoms with Crippen LogP contribution in [0, 0.1) is 0 Å². The number of hydrogen-bond donors (Lipinski definition) is 0. The Kier molecular flexibility index (Phi) is 3.46. The van der Waals surface area contributed by atoms with Crippen LogP contribution in [-0.4, -0.2) is 29.1 Å². The number of hydrogen-bond acceptors (Lipinski definition) is 4. The van der Waals surface area contributed by atoms with Gasteiger partial charge in [0.2, 0.25) is 5.95 Å². The fraction of sp³-hybridized carbons (Fsp3) is 0. The average Bonchev–Trinajstić information content (AvgIpc) is 3.38. The van der Waals surface area contributed by atoms with Gasteiger partial charge in [0.1, 0.15) is 5.65 Å². The molecule has 0 spiro atoms. The maximum Gasteiger partial charge on any atom is 0.234 e. The number of nitrogens with zero attached hydrogens (tertiary/aromatic N) is 6. The van der Waals surface area contributed by atoms with Crippen LogP contribution in [0.3, 0.4) is 0 Å². The first-order valence-electron chi connectivity index (χ1n) is 10.4. The zero-order chi connectivity index (χ0) is 21.1. The summed E-state index contributed by atoms with van der Waals surface area (Å²) in [4.78, 5) is 18.8. The van der Waals surface area contributed by atoms with E-state index in [4.69, 9.17) is 4.98 Å². The fourth-order valence-corrected chi connectivity index (χ4v) is 4.67. The van der Waals surface area contributed by atoms with Crippen molar-refractivity contribution in [1.82, 2.24) is 29.1 Å². The van der Waals surface area contributed by atoms with Crippen molar-refractivity contribution in [2.45, 2.75) is 0 Å². The van der Waals surface area contributed by atoms with E-state index in [0.29, 0.717) is 5.95 Å². The molecule has 0 bridgehead atoms. The van der Waals surface area contributed by atoms with Gasteiger partial charge >= 0.3 is 0 Å². The molecule has 7 rings (SSSR count). The summed E-state index contributed by atoms with van der Waals surface area (Å²) in [6, 6.07) is 24.6. The van der Waals surface area contributed by atoms with Crippen LogP contribution in [0.4, 0.5) is 0 Å². The highest BCUT2D eigenvalue weighted by atomic mass is 15.2. The van der Waals surface area contributed by atoms with Crippen LogP contribution in [0.1, 0.15) is 0 Å². The van der Waals surface area contributed by atoms with Crippen molar-refractivity contribution >= 4 is 43.9 Å². The minimum atomic E-state index is 0.615. The molecule has 150 valence electrons. The highest BCUT2D eigenvalue weighted by Gasteiger charge is 2.22. The van der Waals surface area contributed by atoms with E-state index in [1.807, 2.05) is 42.7 Å². The SMILES string of the molecule is c1ccc(-n2c3ccccc3c3c2ncc2c4ncccc4n(-c4ncccn4)c23)cc1. The van der Waals surface area contributed by atoms with E-state index in [1.165, 1.54) is 0 Å². The largest absolute Gasteiger partial charge is 0.294 e. The maximum absolute atomic E-state index is 4.95. The summed E-state index contributed by atoms with van der Waals surface area (Å²) >= 11 is 0. The molecular weight excluding hydrogens is 396 g/mol. The first-order chi connectivity index (χ1) is 15.9. The number of benzene rings is 2. The van der Waals surface area contributed by atoms with Crippen molar-refractivity contribution in [3.8, 4) is 11.6 Å². The van der Waals surface area contributed by atoms with E-state index in [9.17, 15) is 0 Å². The summed E-state index contributed by atoms with van der Waals surface area (Å²) in [5.41, 5.74) is 5.93. The Bertz CT molecular complexity index is 1760. The molecule has 0 aliphatic carbocycles. The molecule has 6 heteroatoms. The van der Waals surface area contributed by atoms with E-state index in [-0.39, 0.29) is 0 Å². The molecule has 5 aromatic heterocycles. The topological polar surface area (TPSA) is 61.4 Å². The van der Waals surface area contributed by atoms with Gasteiger partial charge in [-0.2, -0.15) is 0 Å². The van der Waals surface area contributed by atoms with Crippen LogP contribution in [0.15, 0.2) is 97.6 Å². The van der Waals surface area contributed by atoms with E-state index in [2.05, 4.69) is 66.6 Å². The van der Waals surface area contributed by atoms with E-state index >= 15 is 0 Å². The van der Waals surface area contributed by atoms with Crippen LogP contribution in [0.25, 0.3) is 55.5 Å². The molecule has 0 saturated carbocycles. The molecule has 0 fully saturated rings. The lowest BCUT2D eigenvalue weighted by molar-refractivity contribution is 0.989. The summed E-state index contributed by atoms with van der Waals surface area (Å²) in [5.74, 6) is 0.615. The van der Waals surface area contributed by atoms with Crippen molar-refractivity contribution < 1.29 is 0 Å².